The molecule has 0 N–H and O–H groups in total. The van der Waals surface area contributed by atoms with E-state index in [2.05, 4.69) is 163 Å². The van der Waals surface area contributed by atoms with E-state index in [-0.39, 0.29) is 0 Å². The second-order valence-electron chi connectivity index (χ2n) is 22.3. The van der Waals surface area contributed by atoms with Crippen LogP contribution >= 0.6 is 0 Å². The van der Waals surface area contributed by atoms with Crippen LogP contribution in [0.1, 0.15) is 22.3 Å². The van der Waals surface area contributed by atoms with Gasteiger partial charge in [0.2, 0.25) is 0 Å². The van der Waals surface area contributed by atoms with Crippen LogP contribution in [-0.4, -0.2) is 32.3 Å². The Bertz CT molecular complexity index is 2590. The molecule has 0 atom stereocenters. The van der Waals surface area contributed by atoms with Gasteiger partial charge in [-0.15, -0.1) is 0 Å². The molecule has 8 aromatic rings. The summed E-state index contributed by atoms with van der Waals surface area (Å²) < 4.78 is 0. The number of fused-ring (bicyclic) bond motifs is 6. The Balaban J connectivity index is 1.63. The zero-order valence-corrected chi connectivity index (χ0v) is 40.7. The van der Waals surface area contributed by atoms with Crippen molar-refractivity contribution in [1.29, 1.82) is 0 Å². The fraction of sp³-hybridized carbons (Fsp3) is 0.385. The van der Waals surface area contributed by atoms with Gasteiger partial charge in [0.25, 0.3) is 0 Å². The molecule has 0 aliphatic carbocycles. The molecule has 8 aromatic carbocycles. The smallest absolute Gasteiger partial charge is 0.0445 e. The van der Waals surface area contributed by atoms with Crippen molar-refractivity contribution in [2.24, 2.45) is 0 Å². The standard InChI is InChI=1S/C52H66Si4/c1-53(2,3)29-25-39-37-19-13-14-20-38(37)40(26-30-54(4,5)6)46-34-48-42(28-32-56(10,11)12)52-44-22-16-18-36-24-23-35-17-15-21-43(49(35)50(36)44)51(52)41(27-31-55(7,8)9)47(48)33-45(39)46/h13-24,33-34H,25-32H2,1-12H3. The molecule has 0 nitrogen and oxygen atoms in total. The van der Waals surface area contributed by atoms with Crippen molar-refractivity contribution >= 4 is 108 Å². The Morgan fingerprint density at radius 2 is 0.589 bits per heavy atom. The lowest BCUT2D eigenvalue weighted by atomic mass is 9.80. The van der Waals surface area contributed by atoms with Gasteiger partial charge in [0, 0.05) is 32.3 Å². The van der Waals surface area contributed by atoms with Gasteiger partial charge in [-0.25, -0.2) is 0 Å². The second-order valence-corrected chi connectivity index (χ2v) is 44.8. The van der Waals surface area contributed by atoms with E-state index in [0.29, 0.717) is 0 Å². The maximum absolute atomic E-state index is 2.77. The molecule has 8 rings (SSSR count). The van der Waals surface area contributed by atoms with Crippen LogP contribution in [0, 0.1) is 0 Å². The quantitative estimate of drug-likeness (QED) is 0.0656. The van der Waals surface area contributed by atoms with E-state index in [1.807, 2.05) is 0 Å². The van der Waals surface area contributed by atoms with E-state index < -0.39 is 32.3 Å². The van der Waals surface area contributed by atoms with Crippen molar-refractivity contribution in [2.45, 2.75) is 128 Å². The molecule has 0 saturated carbocycles. The molecule has 0 fully saturated rings. The molecule has 0 saturated heterocycles. The largest absolute Gasteiger partial charge is 0.0695 e. The molecule has 0 bridgehead atoms. The van der Waals surface area contributed by atoms with Crippen LogP contribution in [0.25, 0.3) is 75.4 Å². The molecule has 0 heterocycles. The number of hydrogen-bond acceptors (Lipinski definition) is 0. The van der Waals surface area contributed by atoms with Crippen molar-refractivity contribution in [3.05, 3.63) is 107 Å². The second kappa shape index (κ2) is 14.2. The third kappa shape index (κ3) is 7.56. The van der Waals surface area contributed by atoms with Crippen LogP contribution in [0.2, 0.25) is 103 Å². The van der Waals surface area contributed by atoms with Gasteiger partial charge >= 0.3 is 0 Å². The molecule has 56 heavy (non-hydrogen) atoms. The first-order chi connectivity index (χ1) is 26.3. The molecule has 0 amide bonds. The van der Waals surface area contributed by atoms with E-state index in [9.17, 15) is 0 Å². The third-order valence-corrected chi connectivity index (χ3v) is 19.8. The highest BCUT2D eigenvalue weighted by molar-refractivity contribution is 6.77. The van der Waals surface area contributed by atoms with Crippen LogP contribution in [0.15, 0.2) is 84.9 Å². The fourth-order valence-electron chi connectivity index (χ4n) is 9.69. The van der Waals surface area contributed by atoms with E-state index in [1.165, 1.54) is 80.1 Å². The lowest BCUT2D eigenvalue weighted by Crippen LogP contribution is -2.21. The average molecular weight is 803 g/mol. The zero-order valence-electron chi connectivity index (χ0n) is 36.7. The minimum atomic E-state index is -1.37. The third-order valence-electron chi connectivity index (χ3n) is 12.8. The summed E-state index contributed by atoms with van der Waals surface area (Å²) in [7, 11) is -5.32. The summed E-state index contributed by atoms with van der Waals surface area (Å²) in [6, 6.07) is 39.4. The van der Waals surface area contributed by atoms with E-state index >= 15 is 0 Å². The van der Waals surface area contributed by atoms with Crippen molar-refractivity contribution in [3.8, 4) is 0 Å². The Kier molecular flexibility index (Phi) is 10.0. The Labute approximate surface area is 341 Å². The minimum absolute atomic E-state index is 1.14. The highest BCUT2D eigenvalue weighted by Crippen LogP contribution is 2.49. The van der Waals surface area contributed by atoms with Crippen molar-refractivity contribution < 1.29 is 0 Å². The lowest BCUT2D eigenvalue weighted by molar-refractivity contribution is 1.10. The Hall–Kier alpha value is -3.29. The van der Waals surface area contributed by atoms with Crippen molar-refractivity contribution in [1.82, 2.24) is 0 Å². The summed E-state index contributed by atoms with van der Waals surface area (Å²) in [5.74, 6) is 0. The first-order valence-corrected chi connectivity index (χ1v) is 36.5. The molecule has 290 valence electrons. The Morgan fingerprint density at radius 1 is 0.286 bits per heavy atom. The SMILES string of the molecule is C[Si](C)(C)CCc1c2ccccc2c(CC[Si](C)(C)C)c2cc3c(CC[Si](C)(C)C)c4c5cccc6ccc7cccc(c4c(CC[Si](C)(C)C)c3cc12)c7c65. The topological polar surface area (TPSA) is 0 Å². The maximum Gasteiger partial charge on any atom is 0.0445 e. The monoisotopic (exact) mass is 802 g/mol. The maximum atomic E-state index is 2.77. The van der Waals surface area contributed by atoms with Gasteiger partial charge in [0.15, 0.2) is 0 Å². The van der Waals surface area contributed by atoms with Gasteiger partial charge in [0.05, 0.1) is 0 Å². The number of hydrogen-bond donors (Lipinski definition) is 0. The van der Waals surface area contributed by atoms with Gasteiger partial charge in [0.1, 0.15) is 0 Å². The summed E-state index contributed by atoms with van der Waals surface area (Å²) in [5.41, 5.74) is 6.43. The molecule has 0 unspecified atom stereocenters. The van der Waals surface area contributed by atoms with Crippen LogP contribution in [0.4, 0.5) is 0 Å². The molecule has 0 spiro atoms. The van der Waals surface area contributed by atoms with Gasteiger partial charge < -0.3 is 0 Å². The predicted octanol–water partition coefficient (Wildman–Crippen LogP) is 16.7. The van der Waals surface area contributed by atoms with Gasteiger partial charge in [-0.3, -0.25) is 0 Å². The van der Waals surface area contributed by atoms with E-state index in [0.717, 1.165) is 12.8 Å². The summed E-state index contributed by atoms with van der Waals surface area (Å²) in [5, 5.41) is 20.9. The van der Waals surface area contributed by atoms with Gasteiger partial charge in [-0.1, -0.05) is 176 Å². The predicted molar refractivity (Wildman–Crippen MR) is 268 cm³/mol. The van der Waals surface area contributed by atoms with Gasteiger partial charge in [-0.05, 0) is 135 Å². The summed E-state index contributed by atoms with van der Waals surface area (Å²) in [4.78, 5) is 0. The lowest BCUT2D eigenvalue weighted by Gasteiger charge is -2.27. The van der Waals surface area contributed by atoms with Crippen LogP contribution in [0.5, 0.6) is 0 Å². The molecule has 0 aliphatic heterocycles. The van der Waals surface area contributed by atoms with E-state index in [4.69, 9.17) is 0 Å². The molecule has 0 radical (unpaired) electrons. The number of aryl methyl sites for hydroxylation is 4. The Morgan fingerprint density at radius 3 is 0.929 bits per heavy atom. The van der Waals surface area contributed by atoms with Crippen LogP contribution in [-0.2, 0) is 25.7 Å². The highest BCUT2D eigenvalue weighted by atomic mass is 28.3. The van der Waals surface area contributed by atoms with Gasteiger partial charge in [-0.2, -0.15) is 0 Å². The normalized spacial score (nSPS) is 13.6. The molecular weight excluding hydrogens is 737 g/mol. The fourth-order valence-corrected chi connectivity index (χ4v) is 13.7. The average Bonchev–Trinajstić information content (AvgIpc) is 3.11. The van der Waals surface area contributed by atoms with E-state index in [1.54, 1.807) is 54.6 Å². The summed E-state index contributed by atoms with van der Waals surface area (Å²) in [6.07, 6.45) is 4.62. The summed E-state index contributed by atoms with van der Waals surface area (Å²) >= 11 is 0. The summed E-state index contributed by atoms with van der Waals surface area (Å²) in [6.45, 7) is 30.8. The first-order valence-electron chi connectivity index (χ1n) is 21.7. The molecule has 0 aliphatic rings. The number of benzene rings is 8. The first kappa shape index (κ1) is 39.5. The molecule has 4 heteroatoms. The van der Waals surface area contributed by atoms with Crippen molar-refractivity contribution in [3.63, 3.8) is 0 Å². The highest BCUT2D eigenvalue weighted by Gasteiger charge is 2.27. The van der Waals surface area contributed by atoms with Crippen LogP contribution < -0.4 is 0 Å². The van der Waals surface area contributed by atoms with Crippen molar-refractivity contribution in [2.75, 3.05) is 0 Å². The molecule has 0 aromatic heterocycles. The van der Waals surface area contributed by atoms with Crippen LogP contribution in [0.3, 0.4) is 0 Å². The number of rotatable bonds is 12. The molecular formula is C52H66Si4. The zero-order chi connectivity index (χ0) is 39.9. The minimum Gasteiger partial charge on any atom is -0.0695 e.